The zero-order valence-electron chi connectivity index (χ0n) is 12.8. The van der Waals surface area contributed by atoms with Crippen molar-refractivity contribution < 1.29 is 4.74 Å². The molecule has 0 aliphatic heterocycles. The van der Waals surface area contributed by atoms with Crippen LogP contribution >= 0.6 is 15.9 Å². The maximum Gasteiger partial charge on any atom is 0.119 e. The number of nitrogens with zero attached hydrogens (tertiary/aromatic N) is 1. The highest BCUT2D eigenvalue weighted by atomic mass is 79.9. The maximum atomic E-state index is 10.0. The minimum Gasteiger partial charge on any atom is -0.497 e. The van der Waals surface area contributed by atoms with Crippen LogP contribution in [-0.4, -0.2) is 12.4 Å². The fourth-order valence-corrected chi connectivity index (χ4v) is 3.13. The average molecular weight is 358 g/mol. The Balaban J connectivity index is 2.50. The van der Waals surface area contributed by atoms with Crippen LogP contribution in [0.5, 0.6) is 5.75 Å². The summed E-state index contributed by atoms with van der Waals surface area (Å²) in [6, 6.07) is 20.5. The minimum atomic E-state index is -0.627. The molecule has 0 saturated carbocycles. The molecule has 3 heteroatoms. The largest absolute Gasteiger partial charge is 0.497 e. The van der Waals surface area contributed by atoms with Crippen LogP contribution in [0.25, 0.3) is 0 Å². The van der Waals surface area contributed by atoms with Crippen LogP contribution in [0.3, 0.4) is 0 Å². The summed E-state index contributed by atoms with van der Waals surface area (Å²) in [4.78, 5) is 0. The summed E-state index contributed by atoms with van der Waals surface area (Å²) in [5, 5.41) is 11.0. The summed E-state index contributed by atoms with van der Waals surface area (Å²) in [5.74, 6) is 0.786. The lowest BCUT2D eigenvalue weighted by atomic mass is 9.72. The molecule has 0 radical (unpaired) electrons. The first kappa shape index (κ1) is 16.6. The first-order chi connectivity index (χ1) is 10.8. The Morgan fingerprint density at radius 1 is 1.05 bits per heavy atom. The fraction of sp³-hybridized carbons (Fsp3) is 0.316. The van der Waals surface area contributed by atoms with Crippen molar-refractivity contribution in [2.24, 2.45) is 0 Å². The lowest BCUT2D eigenvalue weighted by Gasteiger charge is -2.28. The number of halogens is 1. The molecule has 0 fully saturated rings. The molecule has 0 heterocycles. The predicted octanol–water partition coefficient (Wildman–Crippen LogP) is 5.07. The second-order valence-corrected chi connectivity index (χ2v) is 6.05. The quantitative estimate of drug-likeness (QED) is 0.511. The van der Waals surface area contributed by atoms with Gasteiger partial charge in [-0.3, -0.25) is 0 Å². The van der Waals surface area contributed by atoms with E-state index in [2.05, 4.69) is 22.0 Å². The summed E-state index contributed by atoms with van der Waals surface area (Å²) < 4.78 is 5.34. The third-order valence-electron chi connectivity index (χ3n) is 3.96. The lowest BCUT2D eigenvalue weighted by Crippen LogP contribution is -2.26. The highest BCUT2D eigenvalue weighted by Crippen LogP contribution is 2.38. The smallest absolute Gasteiger partial charge is 0.119 e. The monoisotopic (exact) mass is 357 g/mol. The number of hydrogen-bond donors (Lipinski definition) is 0. The second kappa shape index (κ2) is 8.00. The van der Waals surface area contributed by atoms with Crippen molar-refractivity contribution in [2.45, 2.75) is 24.7 Å². The van der Waals surface area contributed by atoms with Crippen molar-refractivity contribution in [3.63, 3.8) is 0 Å². The van der Waals surface area contributed by atoms with Gasteiger partial charge in [0.25, 0.3) is 0 Å². The minimum absolute atomic E-state index is 0.627. The van der Waals surface area contributed by atoms with Gasteiger partial charge in [0.05, 0.1) is 13.2 Å². The zero-order chi connectivity index (χ0) is 15.8. The van der Waals surface area contributed by atoms with Crippen LogP contribution in [-0.2, 0) is 5.41 Å². The van der Waals surface area contributed by atoms with Gasteiger partial charge < -0.3 is 4.74 Å². The molecule has 2 aromatic rings. The van der Waals surface area contributed by atoms with Crippen LogP contribution in [0.15, 0.2) is 54.6 Å². The van der Waals surface area contributed by atoms with Crippen molar-refractivity contribution in [1.29, 1.82) is 5.26 Å². The highest BCUT2D eigenvalue weighted by Gasteiger charge is 2.34. The molecule has 0 amide bonds. The Bertz CT molecular complexity index is 635. The molecular weight excluding hydrogens is 338 g/mol. The third kappa shape index (κ3) is 3.51. The van der Waals surface area contributed by atoms with Gasteiger partial charge in [0, 0.05) is 5.33 Å². The molecule has 2 aromatic carbocycles. The number of ether oxygens (including phenoxy) is 1. The van der Waals surface area contributed by atoms with Gasteiger partial charge in [0.2, 0.25) is 0 Å². The Hall–Kier alpha value is -1.79. The van der Waals surface area contributed by atoms with Gasteiger partial charge in [-0.25, -0.2) is 0 Å². The van der Waals surface area contributed by atoms with Crippen molar-refractivity contribution in [3.8, 4) is 11.8 Å². The van der Waals surface area contributed by atoms with Crippen LogP contribution in [0.1, 0.15) is 30.4 Å². The van der Waals surface area contributed by atoms with E-state index in [1.54, 1.807) is 7.11 Å². The van der Waals surface area contributed by atoms with Crippen molar-refractivity contribution in [2.75, 3.05) is 12.4 Å². The van der Waals surface area contributed by atoms with E-state index >= 15 is 0 Å². The van der Waals surface area contributed by atoms with E-state index in [9.17, 15) is 5.26 Å². The second-order valence-electron chi connectivity index (χ2n) is 5.26. The van der Waals surface area contributed by atoms with Crippen LogP contribution in [0.2, 0.25) is 0 Å². The first-order valence-electron chi connectivity index (χ1n) is 7.44. The molecule has 114 valence electrons. The van der Waals surface area contributed by atoms with Gasteiger partial charge in [-0.05, 0) is 36.1 Å². The zero-order valence-corrected chi connectivity index (χ0v) is 14.3. The number of benzene rings is 2. The van der Waals surface area contributed by atoms with Gasteiger partial charge >= 0.3 is 0 Å². The Morgan fingerprint density at radius 3 is 2.41 bits per heavy atom. The SMILES string of the molecule is COc1cccc([C@](C#N)(CCCCBr)c2ccccc2)c1. The number of rotatable bonds is 7. The van der Waals surface area contributed by atoms with Crippen molar-refractivity contribution in [3.05, 3.63) is 65.7 Å². The van der Waals surface area contributed by atoms with E-state index in [1.165, 1.54) is 0 Å². The molecule has 2 nitrogen and oxygen atoms in total. The highest BCUT2D eigenvalue weighted by molar-refractivity contribution is 9.09. The van der Waals surface area contributed by atoms with Crippen molar-refractivity contribution >= 4 is 15.9 Å². The summed E-state index contributed by atoms with van der Waals surface area (Å²) in [5.41, 5.74) is 1.41. The molecule has 22 heavy (non-hydrogen) atoms. The molecule has 2 rings (SSSR count). The molecule has 0 aromatic heterocycles. The first-order valence-corrected chi connectivity index (χ1v) is 8.56. The van der Waals surface area contributed by atoms with E-state index in [-0.39, 0.29) is 0 Å². The Kier molecular flexibility index (Phi) is 6.03. The molecule has 1 atom stereocenters. The van der Waals surface area contributed by atoms with E-state index in [4.69, 9.17) is 4.74 Å². The lowest BCUT2D eigenvalue weighted by molar-refractivity contribution is 0.413. The molecular formula is C19H20BrNO. The summed E-state index contributed by atoms with van der Waals surface area (Å²) >= 11 is 3.47. The fourth-order valence-electron chi connectivity index (χ4n) is 2.74. The molecule has 0 bridgehead atoms. The van der Waals surface area contributed by atoms with Gasteiger partial charge in [0.1, 0.15) is 11.2 Å². The van der Waals surface area contributed by atoms with Crippen molar-refractivity contribution in [1.82, 2.24) is 0 Å². The molecule has 0 N–H and O–H groups in total. The third-order valence-corrected chi connectivity index (χ3v) is 4.52. The van der Waals surface area contributed by atoms with E-state index in [1.807, 2.05) is 54.6 Å². The molecule has 0 spiro atoms. The topological polar surface area (TPSA) is 33.0 Å². The van der Waals surface area contributed by atoms with Crippen LogP contribution < -0.4 is 4.74 Å². The standard InChI is InChI=1S/C19H20BrNO/c1-22-18-11-7-10-17(14-18)19(15-21,12-5-6-13-20)16-8-3-2-4-9-16/h2-4,7-11,14H,5-6,12-13H2,1H3/t19-/m0/s1. The summed E-state index contributed by atoms with van der Waals surface area (Å²) in [6.07, 6.45) is 2.84. The maximum absolute atomic E-state index is 10.0. The number of unbranched alkanes of at least 4 members (excludes halogenated alkanes) is 1. The van der Waals surface area contributed by atoms with Gasteiger partial charge in [-0.15, -0.1) is 0 Å². The predicted molar refractivity (Wildman–Crippen MR) is 93.5 cm³/mol. The van der Waals surface area contributed by atoms with E-state index < -0.39 is 5.41 Å². The van der Waals surface area contributed by atoms with Gasteiger partial charge in [-0.2, -0.15) is 5.26 Å². The Morgan fingerprint density at radius 2 is 1.77 bits per heavy atom. The van der Waals surface area contributed by atoms with Gasteiger partial charge in [0.15, 0.2) is 0 Å². The number of nitriles is 1. The normalized spacial score (nSPS) is 13.1. The van der Waals surface area contributed by atoms with Crippen LogP contribution in [0.4, 0.5) is 0 Å². The average Bonchev–Trinajstić information content (AvgIpc) is 2.60. The van der Waals surface area contributed by atoms with Gasteiger partial charge in [-0.1, -0.05) is 64.8 Å². The molecule has 0 saturated heterocycles. The Labute approximate surface area is 140 Å². The summed E-state index contributed by atoms with van der Waals surface area (Å²) in [7, 11) is 1.65. The molecule has 0 aliphatic rings. The molecule has 0 aliphatic carbocycles. The van der Waals surface area contributed by atoms with E-state index in [0.717, 1.165) is 41.5 Å². The number of alkyl halides is 1. The number of hydrogen-bond acceptors (Lipinski definition) is 2. The summed E-state index contributed by atoms with van der Waals surface area (Å²) in [6.45, 7) is 0. The molecule has 0 unspecified atom stereocenters. The number of methoxy groups -OCH3 is 1. The van der Waals surface area contributed by atoms with Crippen LogP contribution in [0, 0.1) is 11.3 Å². The van der Waals surface area contributed by atoms with E-state index in [0.29, 0.717) is 0 Å².